The molecule has 1 N–H and O–H groups in total. The molecule has 0 radical (unpaired) electrons. The molecule has 0 fully saturated rings. The Morgan fingerprint density at radius 1 is 1.20 bits per heavy atom. The second kappa shape index (κ2) is 8.16. The second-order valence-corrected chi connectivity index (χ2v) is 7.15. The zero-order valence-corrected chi connectivity index (χ0v) is 16.9. The van der Waals surface area contributed by atoms with Crippen molar-refractivity contribution in [2.45, 2.75) is 13.0 Å². The SMILES string of the molecule is C=CCN1C(=S)NC(c2cccc(F)c2)C(c2nc(-c3ccc(F)cc3)no2)=C1C. The Kier molecular flexibility index (Phi) is 5.41. The van der Waals surface area contributed by atoms with Gasteiger partial charge in [-0.3, -0.25) is 0 Å². The van der Waals surface area contributed by atoms with E-state index in [-0.39, 0.29) is 17.5 Å². The van der Waals surface area contributed by atoms with Crippen LogP contribution in [-0.4, -0.2) is 26.7 Å². The maximum atomic E-state index is 13.9. The summed E-state index contributed by atoms with van der Waals surface area (Å²) in [6.45, 7) is 6.15. The van der Waals surface area contributed by atoms with Crippen molar-refractivity contribution < 1.29 is 13.3 Å². The van der Waals surface area contributed by atoms with Crippen LogP contribution in [0.2, 0.25) is 0 Å². The minimum atomic E-state index is -0.476. The molecule has 152 valence electrons. The Morgan fingerprint density at radius 3 is 2.67 bits per heavy atom. The van der Waals surface area contributed by atoms with Crippen LogP contribution in [0, 0.1) is 11.6 Å². The van der Waals surface area contributed by atoms with E-state index in [0.29, 0.717) is 34.2 Å². The highest BCUT2D eigenvalue weighted by Crippen LogP contribution is 2.37. The van der Waals surface area contributed by atoms with Crippen molar-refractivity contribution in [3.63, 3.8) is 0 Å². The van der Waals surface area contributed by atoms with Gasteiger partial charge in [-0.1, -0.05) is 23.4 Å². The number of nitrogens with one attached hydrogen (secondary N) is 1. The number of benzene rings is 2. The van der Waals surface area contributed by atoms with E-state index in [1.165, 1.54) is 24.3 Å². The third-order valence-corrected chi connectivity index (χ3v) is 5.19. The fraction of sp³-hybridized carbons (Fsp3) is 0.136. The van der Waals surface area contributed by atoms with E-state index in [0.717, 1.165) is 5.70 Å². The molecule has 0 aliphatic carbocycles. The first-order chi connectivity index (χ1) is 14.5. The average Bonchev–Trinajstić information content (AvgIpc) is 3.21. The summed E-state index contributed by atoms with van der Waals surface area (Å²) >= 11 is 5.51. The van der Waals surface area contributed by atoms with Crippen molar-refractivity contribution in [2.75, 3.05) is 6.54 Å². The molecule has 1 aliphatic heterocycles. The first kappa shape index (κ1) is 19.9. The first-order valence-corrected chi connectivity index (χ1v) is 9.64. The van der Waals surface area contributed by atoms with Gasteiger partial charge in [0, 0.05) is 17.8 Å². The molecule has 30 heavy (non-hydrogen) atoms. The molecule has 8 heteroatoms. The summed E-state index contributed by atoms with van der Waals surface area (Å²) < 4.78 is 32.7. The first-order valence-electron chi connectivity index (χ1n) is 9.23. The Hall–Kier alpha value is -3.39. The topological polar surface area (TPSA) is 54.2 Å². The number of thiocarbonyl (C=S) groups is 1. The predicted octanol–water partition coefficient (Wildman–Crippen LogP) is 4.86. The molecule has 5 nitrogen and oxygen atoms in total. The van der Waals surface area contributed by atoms with Crippen LogP contribution in [0.3, 0.4) is 0 Å². The van der Waals surface area contributed by atoms with E-state index in [9.17, 15) is 8.78 Å². The van der Waals surface area contributed by atoms with Gasteiger partial charge < -0.3 is 14.7 Å². The monoisotopic (exact) mass is 424 g/mol. The fourth-order valence-corrected chi connectivity index (χ4v) is 3.72. The summed E-state index contributed by atoms with van der Waals surface area (Å²) in [6.07, 6.45) is 1.73. The standard InChI is InChI=1S/C22H18F2N4OS/c1-3-11-28-13(2)18(19(25-22(28)30)15-5-4-6-17(24)12-15)21-26-20(27-29-21)14-7-9-16(23)10-8-14/h3-10,12,19H,1,11H2,2H3,(H,25,30). The van der Waals surface area contributed by atoms with Crippen LogP contribution in [0.25, 0.3) is 17.0 Å². The second-order valence-electron chi connectivity index (χ2n) is 6.77. The molecule has 0 bridgehead atoms. The lowest BCUT2D eigenvalue weighted by molar-refractivity contribution is 0.399. The van der Waals surface area contributed by atoms with Gasteiger partial charge in [-0.15, -0.1) is 6.58 Å². The number of nitrogens with zero attached hydrogens (tertiary/aromatic N) is 3. The van der Waals surface area contributed by atoms with Crippen molar-refractivity contribution in [1.29, 1.82) is 0 Å². The molecule has 2 aromatic carbocycles. The summed E-state index contributed by atoms with van der Waals surface area (Å²) in [6, 6.07) is 11.6. The van der Waals surface area contributed by atoms with E-state index in [1.807, 2.05) is 11.8 Å². The van der Waals surface area contributed by atoms with Gasteiger partial charge >= 0.3 is 0 Å². The molecule has 0 saturated carbocycles. The lowest BCUT2D eigenvalue weighted by Gasteiger charge is -2.36. The minimum Gasteiger partial charge on any atom is -0.351 e. The van der Waals surface area contributed by atoms with Crippen molar-refractivity contribution >= 4 is 22.9 Å². The van der Waals surface area contributed by atoms with Crippen LogP contribution in [-0.2, 0) is 0 Å². The van der Waals surface area contributed by atoms with Gasteiger partial charge in [-0.25, -0.2) is 8.78 Å². The highest BCUT2D eigenvalue weighted by Gasteiger charge is 2.33. The molecule has 1 atom stereocenters. The van der Waals surface area contributed by atoms with Crippen LogP contribution >= 0.6 is 12.2 Å². The Balaban J connectivity index is 1.82. The van der Waals surface area contributed by atoms with Crippen LogP contribution in [0.5, 0.6) is 0 Å². The molecule has 1 aromatic heterocycles. The summed E-state index contributed by atoms with van der Waals surface area (Å²) in [5.41, 5.74) is 2.76. The zero-order chi connectivity index (χ0) is 21.3. The number of aromatic nitrogens is 2. The highest BCUT2D eigenvalue weighted by molar-refractivity contribution is 7.80. The molecule has 0 saturated heterocycles. The minimum absolute atomic E-state index is 0.269. The summed E-state index contributed by atoms with van der Waals surface area (Å²) in [5.74, 6) is -0.114. The van der Waals surface area contributed by atoms with E-state index in [4.69, 9.17) is 16.7 Å². The van der Waals surface area contributed by atoms with Gasteiger partial charge in [0.25, 0.3) is 5.89 Å². The van der Waals surface area contributed by atoms with Gasteiger partial charge in [-0.2, -0.15) is 4.98 Å². The lowest BCUT2D eigenvalue weighted by Crippen LogP contribution is -2.45. The highest BCUT2D eigenvalue weighted by atomic mass is 32.1. The molecule has 2 heterocycles. The molecule has 0 spiro atoms. The number of allylic oxidation sites excluding steroid dienone is 1. The predicted molar refractivity (Wildman–Crippen MR) is 114 cm³/mol. The Labute approximate surface area is 177 Å². The lowest BCUT2D eigenvalue weighted by atomic mass is 9.94. The summed E-state index contributed by atoms with van der Waals surface area (Å²) in [5, 5.41) is 7.77. The van der Waals surface area contributed by atoms with Crippen LogP contribution in [0.15, 0.2) is 71.4 Å². The Bertz CT molecular complexity index is 1140. The maximum absolute atomic E-state index is 13.9. The van der Waals surface area contributed by atoms with Crippen LogP contribution in [0.4, 0.5) is 8.78 Å². The third-order valence-electron chi connectivity index (χ3n) is 4.85. The average molecular weight is 424 g/mol. The molecule has 4 rings (SSSR count). The quantitative estimate of drug-likeness (QED) is 0.466. The largest absolute Gasteiger partial charge is 0.351 e. The zero-order valence-electron chi connectivity index (χ0n) is 16.1. The van der Waals surface area contributed by atoms with Crippen molar-refractivity contribution in [2.24, 2.45) is 0 Å². The summed E-state index contributed by atoms with van der Waals surface area (Å²) in [7, 11) is 0. The maximum Gasteiger partial charge on any atom is 0.258 e. The molecule has 3 aromatic rings. The third kappa shape index (κ3) is 3.73. The summed E-state index contributed by atoms with van der Waals surface area (Å²) in [4.78, 5) is 6.37. The van der Waals surface area contributed by atoms with E-state index < -0.39 is 6.04 Å². The molecule has 0 amide bonds. The van der Waals surface area contributed by atoms with Crippen LogP contribution in [0.1, 0.15) is 24.4 Å². The van der Waals surface area contributed by atoms with Gasteiger partial charge in [-0.05, 0) is 61.1 Å². The van der Waals surface area contributed by atoms with Gasteiger partial charge in [0.2, 0.25) is 5.82 Å². The van der Waals surface area contributed by atoms with Gasteiger partial charge in [0.15, 0.2) is 5.11 Å². The molecule has 1 aliphatic rings. The fourth-order valence-electron chi connectivity index (χ4n) is 3.39. The normalized spacial score (nSPS) is 16.6. The van der Waals surface area contributed by atoms with Gasteiger partial charge in [0.05, 0.1) is 11.6 Å². The number of hydrogen-bond donors (Lipinski definition) is 1. The number of hydrogen-bond acceptors (Lipinski definition) is 4. The molecular formula is C22H18F2N4OS. The van der Waals surface area contributed by atoms with E-state index in [1.54, 1.807) is 30.3 Å². The van der Waals surface area contributed by atoms with Crippen molar-refractivity contribution in [1.82, 2.24) is 20.4 Å². The molecule has 1 unspecified atom stereocenters. The molecular weight excluding hydrogens is 406 g/mol. The smallest absolute Gasteiger partial charge is 0.258 e. The van der Waals surface area contributed by atoms with E-state index in [2.05, 4.69) is 22.0 Å². The van der Waals surface area contributed by atoms with E-state index >= 15 is 0 Å². The Morgan fingerprint density at radius 2 is 1.97 bits per heavy atom. The van der Waals surface area contributed by atoms with Crippen molar-refractivity contribution in [3.05, 3.63) is 90.0 Å². The number of halogens is 2. The van der Waals surface area contributed by atoms with Crippen molar-refractivity contribution in [3.8, 4) is 11.4 Å². The van der Waals surface area contributed by atoms with Crippen LogP contribution < -0.4 is 5.32 Å². The number of rotatable bonds is 5. The van der Waals surface area contributed by atoms with Gasteiger partial charge in [0.1, 0.15) is 11.6 Å².